The second kappa shape index (κ2) is 5.90. The monoisotopic (exact) mass is 347 g/mol. The van der Waals surface area contributed by atoms with E-state index >= 15 is 0 Å². The SMILES string of the molecule is CCC1(CC)C(=O)Nc2cc3[nH]c(-c4ccc(N(C)C)cc4)cc3cc21. The molecule has 4 nitrogen and oxygen atoms in total. The largest absolute Gasteiger partial charge is 0.378 e. The van der Waals surface area contributed by atoms with Crippen LogP contribution >= 0.6 is 0 Å². The maximum Gasteiger partial charge on any atom is 0.235 e. The lowest BCUT2D eigenvalue weighted by Crippen LogP contribution is -2.32. The summed E-state index contributed by atoms with van der Waals surface area (Å²) in [6, 6.07) is 15.0. The Morgan fingerprint density at radius 2 is 1.69 bits per heavy atom. The fourth-order valence-electron chi connectivity index (χ4n) is 4.09. The van der Waals surface area contributed by atoms with E-state index in [2.05, 4.69) is 71.5 Å². The number of aromatic amines is 1. The van der Waals surface area contributed by atoms with Crippen LogP contribution in [0.5, 0.6) is 0 Å². The molecule has 134 valence electrons. The van der Waals surface area contributed by atoms with Gasteiger partial charge in [0, 0.05) is 42.1 Å². The van der Waals surface area contributed by atoms with Gasteiger partial charge >= 0.3 is 0 Å². The topological polar surface area (TPSA) is 48.1 Å². The molecular formula is C22H25N3O. The summed E-state index contributed by atoms with van der Waals surface area (Å²) < 4.78 is 0. The lowest BCUT2D eigenvalue weighted by atomic mass is 9.77. The second-order valence-electron chi connectivity index (χ2n) is 7.35. The van der Waals surface area contributed by atoms with Crippen LogP contribution in [0.3, 0.4) is 0 Å². The van der Waals surface area contributed by atoms with Gasteiger partial charge in [0.25, 0.3) is 0 Å². The number of hydrogen-bond acceptors (Lipinski definition) is 2. The molecule has 0 unspecified atom stereocenters. The minimum absolute atomic E-state index is 0.129. The summed E-state index contributed by atoms with van der Waals surface area (Å²) in [7, 11) is 4.09. The summed E-state index contributed by atoms with van der Waals surface area (Å²) in [5, 5.41) is 4.24. The smallest absolute Gasteiger partial charge is 0.235 e. The molecule has 0 aliphatic carbocycles. The van der Waals surface area contributed by atoms with Crippen LogP contribution in [0.4, 0.5) is 11.4 Å². The molecule has 1 aromatic heterocycles. The molecule has 1 aliphatic rings. The lowest BCUT2D eigenvalue weighted by Gasteiger charge is -2.23. The van der Waals surface area contributed by atoms with Gasteiger partial charge in [-0.25, -0.2) is 0 Å². The van der Waals surface area contributed by atoms with Crippen molar-refractivity contribution in [3.63, 3.8) is 0 Å². The zero-order valence-corrected chi connectivity index (χ0v) is 15.8. The fraction of sp³-hybridized carbons (Fsp3) is 0.318. The number of aromatic nitrogens is 1. The van der Waals surface area contributed by atoms with Crippen LogP contribution in [0.25, 0.3) is 22.2 Å². The molecule has 0 atom stereocenters. The number of benzene rings is 2. The summed E-state index contributed by atoms with van der Waals surface area (Å²) >= 11 is 0. The molecule has 3 aromatic rings. The second-order valence-corrected chi connectivity index (χ2v) is 7.35. The van der Waals surface area contributed by atoms with Gasteiger partial charge in [0.2, 0.25) is 5.91 Å². The van der Waals surface area contributed by atoms with Gasteiger partial charge in [-0.3, -0.25) is 4.79 Å². The van der Waals surface area contributed by atoms with Gasteiger partial charge in [0.05, 0.1) is 5.41 Å². The number of H-pyrrole nitrogens is 1. The van der Waals surface area contributed by atoms with E-state index in [1.165, 1.54) is 5.69 Å². The maximum atomic E-state index is 12.6. The van der Waals surface area contributed by atoms with Gasteiger partial charge in [-0.2, -0.15) is 0 Å². The van der Waals surface area contributed by atoms with Crippen LogP contribution in [0.1, 0.15) is 32.3 Å². The first-order valence-corrected chi connectivity index (χ1v) is 9.25. The average molecular weight is 347 g/mol. The molecule has 2 heterocycles. The summed E-state index contributed by atoms with van der Waals surface area (Å²) in [5.74, 6) is 0.129. The maximum absolute atomic E-state index is 12.6. The predicted octanol–water partition coefficient (Wildman–Crippen LogP) is 4.91. The fourth-order valence-corrected chi connectivity index (χ4v) is 4.09. The van der Waals surface area contributed by atoms with Crippen molar-refractivity contribution >= 4 is 28.2 Å². The van der Waals surface area contributed by atoms with E-state index in [4.69, 9.17) is 0 Å². The first-order valence-electron chi connectivity index (χ1n) is 9.25. The highest BCUT2D eigenvalue weighted by Crippen LogP contribution is 2.44. The van der Waals surface area contributed by atoms with Crippen LogP contribution in [0.15, 0.2) is 42.5 Å². The minimum Gasteiger partial charge on any atom is -0.378 e. The van der Waals surface area contributed by atoms with Crippen LogP contribution in [0, 0.1) is 0 Å². The third-order valence-electron chi connectivity index (χ3n) is 5.86. The molecule has 4 rings (SSSR count). The number of amides is 1. The predicted molar refractivity (Wildman–Crippen MR) is 109 cm³/mol. The Bertz CT molecular complexity index is 979. The van der Waals surface area contributed by atoms with Crippen molar-refractivity contribution in [2.75, 3.05) is 24.3 Å². The van der Waals surface area contributed by atoms with Gasteiger partial charge in [-0.15, -0.1) is 0 Å². The Morgan fingerprint density at radius 3 is 2.31 bits per heavy atom. The van der Waals surface area contributed by atoms with Crippen LogP contribution in [-0.2, 0) is 10.2 Å². The number of hydrogen-bond donors (Lipinski definition) is 2. The molecule has 0 spiro atoms. The Labute approximate surface area is 154 Å². The van der Waals surface area contributed by atoms with E-state index in [0.717, 1.165) is 46.3 Å². The summed E-state index contributed by atoms with van der Waals surface area (Å²) in [6.07, 6.45) is 1.63. The molecule has 0 radical (unpaired) electrons. The first kappa shape index (κ1) is 16.7. The van der Waals surface area contributed by atoms with Crippen LogP contribution in [-0.4, -0.2) is 25.0 Å². The highest BCUT2D eigenvalue weighted by atomic mass is 16.2. The van der Waals surface area contributed by atoms with E-state index in [-0.39, 0.29) is 5.91 Å². The molecule has 1 aliphatic heterocycles. The number of rotatable bonds is 4. The molecule has 4 heteroatoms. The Hall–Kier alpha value is -2.75. The Kier molecular flexibility index (Phi) is 3.79. The highest BCUT2D eigenvalue weighted by molar-refractivity contribution is 6.08. The number of fused-ring (bicyclic) bond motifs is 2. The van der Waals surface area contributed by atoms with Crippen LogP contribution < -0.4 is 10.2 Å². The minimum atomic E-state index is -0.395. The average Bonchev–Trinajstić information content (AvgIpc) is 3.17. The third kappa shape index (κ3) is 2.32. The van der Waals surface area contributed by atoms with Gasteiger partial charge in [-0.1, -0.05) is 26.0 Å². The summed E-state index contributed by atoms with van der Waals surface area (Å²) in [5.41, 5.74) is 6.18. The van der Waals surface area contributed by atoms with Crippen molar-refractivity contribution in [3.8, 4) is 11.3 Å². The first-order chi connectivity index (χ1) is 12.5. The highest BCUT2D eigenvalue weighted by Gasteiger charge is 2.44. The summed E-state index contributed by atoms with van der Waals surface area (Å²) in [4.78, 5) is 18.2. The molecule has 0 saturated carbocycles. The van der Waals surface area contributed by atoms with Crippen LogP contribution in [0.2, 0.25) is 0 Å². The van der Waals surface area contributed by atoms with Crippen molar-refractivity contribution in [2.24, 2.45) is 0 Å². The number of carbonyl (C=O) groups excluding carboxylic acids is 1. The number of nitrogens with one attached hydrogen (secondary N) is 2. The van der Waals surface area contributed by atoms with Crippen molar-refractivity contribution in [3.05, 3.63) is 48.0 Å². The van der Waals surface area contributed by atoms with Gasteiger partial charge < -0.3 is 15.2 Å². The summed E-state index contributed by atoms with van der Waals surface area (Å²) in [6.45, 7) is 4.19. The van der Waals surface area contributed by atoms with Crippen molar-refractivity contribution < 1.29 is 4.79 Å². The van der Waals surface area contributed by atoms with Crippen molar-refractivity contribution in [2.45, 2.75) is 32.1 Å². The lowest BCUT2D eigenvalue weighted by molar-refractivity contribution is -0.121. The number of nitrogens with zero attached hydrogens (tertiary/aromatic N) is 1. The van der Waals surface area contributed by atoms with Crippen molar-refractivity contribution in [1.82, 2.24) is 4.98 Å². The number of anilines is 2. The normalized spacial score (nSPS) is 15.2. The molecule has 26 heavy (non-hydrogen) atoms. The van der Waals surface area contributed by atoms with E-state index in [0.29, 0.717) is 0 Å². The van der Waals surface area contributed by atoms with Gasteiger partial charge in [0.1, 0.15) is 0 Å². The van der Waals surface area contributed by atoms with Gasteiger partial charge in [-0.05, 0) is 54.3 Å². The zero-order chi connectivity index (χ0) is 18.5. The molecule has 1 amide bonds. The molecule has 0 saturated heterocycles. The Balaban J connectivity index is 1.79. The molecule has 2 N–H and O–H groups in total. The molecule has 0 fully saturated rings. The van der Waals surface area contributed by atoms with Crippen molar-refractivity contribution in [1.29, 1.82) is 0 Å². The molecule has 2 aromatic carbocycles. The quantitative estimate of drug-likeness (QED) is 0.704. The standard InChI is InChI=1S/C22H25N3O/c1-5-22(6-2)17-11-15-12-18(14-7-9-16(10-8-14)25(3)4)23-19(15)13-20(17)24-21(22)26/h7-13,23H,5-6H2,1-4H3,(H,24,26). The zero-order valence-electron chi connectivity index (χ0n) is 15.8. The van der Waals surface area contributed by atoms with Gasteiger partial charge in [0.15, 0.2) is 0 Å². The Morgan fingerprint density at radius 1 is 1.00 bits per heavy atom. The van der Waals surface area contributed by atoms with E-state index in [9.17, 15) is 4.79 Å². The van der Waals surface area contributed by atoms with E-state index < -0.39 is 5.41 Å². The molecule has 0 bridgehead atoms. The number of carbonyl (C=O) groups is 1. The van der Waals surface area contributed by atoms with E-state index in [1.807, 2.05) is 14.1 Å². The third-order valence-corrected chi connectivity index (χ3v) is 5.86. The van der Waals surface area contributed by atoms with E-state index in [1.54, 1.807) is 0 Å². The molecular weight excluding hydrogens is 322 g/mol.